The molecule has 2 aromatic carbocycles. The van der Waals surface area contributed by atoms with Crippen molar-refractivity contribution in [1.82, 2.24) is 0 Å². The van der Waals surface area contributed by atoms with Gasteiger partial charge in [0.1, 0.15) is 6.61 Å². The lowest BCUT2D eigenvalue weighted by molar-refractivity contribution is -0.384. The predicted octanol–water partition coefficient (Wildman–Crippen LogP) is 2.52. The van der Waals surface area contributed by atoms with E-state index in [0.717, 1.165) is 5.56 Å². The Morgan fingerprint density at radius 2 is 1.89 bits per heavy atom. The molecular formula is C19H18N2O7. The molecule has 28 heavy (non-hydrogen) atoms. The van der Waals surface area contributed by atoms with Crippen LogP contribution in [-0.2, 0) is 16.1 Å². The summed E-state index contributed by atoms with van der Waals surface area (Å²) in [6.45, 7) is 2.43. The highest BCUT2D eigenvalue weighted by molar-refractivity contribution is 5.96. The van der Waals surface area contributed by atoms with Crippen LogP contribution in [0.1, 0.15) is 15.9 Å². The first-order valence-electron chi connectivity index (χ1n) is 8.78. The van der Waals surface area contributed by atoms with Gasteiger partial charge in [-0.15, -0.1) is 0 Å². The minimum absolute atomic E-state index is 0.0146. The fourth-order valence-electron chi connectivity index (χ4n) is 3.14. The van der Waals surface area contributed by atoms with E-state index in [4.69, 9.17) is 18.9 Å². The van der Waals surface area contributed by atoms with Gasteiger partial charge in [0.2, 0.25) is 6.79 Å². The summed E-state index contributed by atoms with van der Waals surface area (Å²) >= 11 is 0. The van der Waals surface area contributed by atoms with Crippen LogP contribution in [0.15, 0.2) is 36.4 Å². The maximum atomic E-state index is 12.7. The standard InChI is InChI=1S/C19H18N2O7/c22-19(26-11-13-1-4-17-18(9-13)28-12-27-17)15-10-14(21(23)24)2-3-16(15)20-5-7-25-8-6-20/h1-4,9-10H,5-8,11-12H2. The zero-order chi connectivity index (χ0) is 19.5. The first-order chi connectivity index (χ1) is 13.6. The van der Waals surface area contributed by atoms with Crippen LogP contribution in [0.25, 0.3) is 0 Å². The van der Waals surface area contributed by atoms with Gasteiger partial charge in [-0.25, -0.2) is 4.79 Å². The number of hydrogen-bond acceptors (Lipinski definition) is 8. The molecule has 1 saturated heterocycles. The number of rotatable bonds is 5. The molecule has 146 valence electrons. The summed E-state index contributed by atoms with van der Waals surface area (Å²) in [5.41, 5.74) is 1.34. The van der Waals surface area contributed by atoms with E-state index in [1.165, 1.54) is 12.1 Å². The molecule has 9 nitrogen and oxygen atoms in total. The summed E-state index contributed by atoms with van der Waals surface area (Å²) in [5, 5.41) is 11.1. The van der Waals surface area contributed by atoms with Crippen LogP contribution in [0.5, 0.6) is 11.5 Å². The van der Waals surface area contributed by atoms with Crippen LogP contribution in [-0.4, -0.2) is 44.0 Å². The summed E-state index contributed by atoms with van der Waals surface area (Å²) in [4.78, 5) is 25.3. The van der Waals surface area contributed by atoms with Crippen molar-refractivity contribution in [3.8, 4) is 11.5 Å². The van der Waals surface area contributed by atoms with Gasteiger partial charge in [0.25, 0.3) is 5.69 Å². The number of morpholine rings is 1. The molecular weight excluding hydrogens is 368 g/mol. The minimum atomic E-state index is -0.622. The van der Waals surface area contributed by atoms with E-state index in [-0.39, 0.29) is 24.7 Å². The zero-order valence-corrected chi connectivity index (χ0v) is 15.0. The van der Waals surface area contributed by atoms with Gasteiger partial charge < -0.3 is 23.8 Å². The molecule has 1 fully saturated rings. The highest BCUT2D eigenvalue weighted by atomic mass is 16.7. The number of anilines is 1. The summed E-state index contributed by atoms with van der Waals surface area (Å²) in [6.07, 6.45) is 0. The average molecular weight is 386 g/mol. The fourth-order valence-corrected chi connectivity index (χ4v) is 3.14. The molecule has 4 rings (SSSR count). The number of carbonyl (C=O) groups is 1. The monoisotopic (exact) mass is 386 g/mol. The van der Waals surface area contributed by atoms with Gasteiger partial charge in [0.05, 0.1) is 29.4 Å². The molecule has 2 heterocycles. The van der Waals surface area contributed by atoms with Crippen LogP contribution in [0, 0.1) is 10.1 Å². The van der Waals surface area contributed by atoms with E-state index < -0.39 is 10.9 Å². The topological polar surface area (TPSA) is 100 Å². The number of benzene rings is 2. The number of esters is 1. The predicted molar refractivity (Wildman–Crippen MR) is 97.8 cm³/mol. The van der Waals surface area contributed by atoms with Crippen molar-refractivity contribution in [1.29, 1.82) is 0 Å². The van der Waals surface area contributed by atoms with Gasteiger partial charge in [0, 0.05) is 25.2 Å². The van der Waals surface area contributed by atoms with Crippen molar-refractivity contribution in [2.24, 2.45) is 0 Å². The van der Waals surface area contributed by atoms with Crippen LogP contribution < -0.4 is 14.4 Å². The van der Waals surface area contributed by atoms with E-state index >= 15 is 0 Å². The Hall–Kier alpha value is -3.33. The van der Waals surface area contributed by atoms with Crippen LogP contribution in [0.3, 0.4) is 0 Å². The molecule has 0 atom stereocenters. The lowest BCUT2D eigenvalue weighted by atomic mass is 10.1. The Morgan fingerprint density at radius 3 is 2.68 bits per heavy atom. The highest BCUT2D eigenvalue weighted by Gasteiger charge is 2.23. The van der Waals surface area contributed by atoms with Crippen molar-refractivity contribution in [3.63, 3.8) is 0 Å². The second-order valence-electron chi connectivity index (χ2n) is 6.32. The van der Waals surface area contributed by atoms with Crippen LogP contribution in [0.4, 0.5) is 11.4 Å². The molecule has 9 heteroatoms. The Labute approximate surface area is 160 Å². The normalized spacial score (nSPS) is 15.4. The molecule has 0 bridgehead atoms. The number of nitro groups is 1. The Kier molecular flexibility index (Phi) is 4.98. The second kappa shape index (κ2) is 7.73. The molecule has 0 aliphatic carbocycles. The van der Waals surface area contributed by atoms with E-state index in [0.29, 0.717) is 43.5 Å². The second-order valence-corrected chi connectivity index (χ2v) is 6.32. The molecule has 0 amide bonds. The molecule has 0 aromatic heterocycles. The molecule has 0 spiro atoms. The van der Waals surface area contributed by atoms with Crippen molar-refractivity contribution in [2.45, 2.75) is 6.61 Å². The number of nitrogens with zero attached hydrogens (tertiary/aromatic N) is 2. The van der Waals surface area contributed by atoms with Crippen molar-refractivity contribution in [3.05, 3.63) is 57.6 Å². The Bertz CT molecular complexity index is 909. The minimum Gasteiger partial charge on any atom is -0.457 e. The van der Waals surface area contributed by atoms with E-state index in [2.05, 4.69) is 0 Å². The third-order valence-corrected chi connectivity index (χ3v) is 4.57. The number of non-ortho nitro benzene ring substituents is 1. The summed E-state index contributed by atoms with van der Waals surface area (Å²) in [7, 11) is 0. The smallest absolute Gasteiger partial charge is 0.340 e. The van der Waals surface area contributed by atoms with E-state index in [1.54, 1.807) is 24.3 Å². The lowest BCUT2D eigenvalue weighted by Crippen LogP contribution is -2.37. The lowest BCUT2D eigenvalue weighted by Gasteiger charge is -2.30. The van der Waals surface area contributed by atoms with E-state index in [9.17, 15) is 14.9 Å². The highest BCUT2D eigenvalue weighted by Crippen LogP contribution is 2.33. The average Bonchev–Trinajstić information content (AvgIpc) is 3.20. The van der Waals surface area contributed by atoms with Gasteiger partial charge >= 0.3 is 5.97 Å². The van der Waals surface area contributed by atoms with E-state index in [1.807, 2.05) is 4.90 Å². The van der Waals surface area contributed by atoms with Gasteiger partial charge in [0.15, 0.2) is 11.5 Å². The summed E-state index contributed by atoms with van der Waals surface area (Å²) < 4.78 is 21.3. The molecule has 0 saturated carbocycles. The molecule has 2 aliphatic heterocycles. The Morgan fingerprint density at radius 1 is 1.11 bits per heavy atom. The van der Waals surface area contributed by atoms with Gasteiger partial charge in [-0.05, 0) is 23.8 Å². The summed E-state index contributed by atoms with van der Waals surface area (Å²) in [5.74, 6) is 0.615. The van der Waals surface area contributed by atoms with Gasteiger partial charge in [-0.1, -0.05) is 6.07 Å². The van der Waals surface area contributed by atoms with Crippen LogP contribution in [0.2, 0.25) is 0 Å². The van der Waals surface area contributed by atoms with Gasteiger partial charge in [-0.2, -0.15) is 0 Å². The number of hydrogen-bond donors (Lipinski definition) is 0. The quantitative estimate of drug-likeness (QED) is 0.439. The zero-order valence-electron chi connectivity index (χ0n) is 15.0. The molecule has 0 N–H and O–H groups in total. The molecule has 2 aliphatic rings. The third kappa shape index (κ3) is 3.70. The first-order valence-corrected chi connectivity index (χ1v) is 8.78. The number of ether oxygens (including phenoxy) is 4. The maximum absolute atomic E-state index is 12.7. The molecule has 2 aromatic rings. The van der Waals surface area contributed by atoms with Crippen molar-refractivity contribution >= 4 is 17.3 Å². The summed E-state index contributed by atoms with van der Waals surface area (Å²) in [6, 6.07) is 9.49. The van der Waals surface area contributed by atoms with Crippen molar-refractivity contribution in [2.75, 3.05) is 38.0 Å². The number of fused-ring (bicyclic) bond motifs is 1. The fraction of sp³-hybridized carbons (Fsp3) is 0.316. The molecule has 0 unspecified atom stereocenters. The van der Waals surface area contributed by atoms with Crippen LogP contribution >= 0.6 is 0 Å². The Balaban J connectivity index is 1.54. The van der Waals surface area contributed by atoms with Crippen molar-refractivity contribution < 1.29 is 28.7 Å². The first kappa shape index (κ1) is 18.1. The number of carbonyl (C=O) groups excluding carboxylic acids is 1. The molecule has 0 radical (unpaired) electrons. The number of nitro benzene ring substituents is 1. The van der Waals surface area contributed by atoms with Gasteiger partial charge in [-0.3, -0.25) is 10.1 Å². The largest absolute Gasteiger partial charge is 0.457 e. The third-order valence-electron chi connectivity index (χ3n) is 4.57. The maximum Gasteiger partial charge on any atom is 0.340 e. The SMILES string of the molecule is O=C(OCc1ccc2c(c1)OCO2)c1cc([N+](=O)[O-])ccc1N1CCOCC1.